The molecule has 23 heavy (non-hydrogen) atoms. The lowest BCUT2D eigenvalue weighted by atomic mass is 9.92. The highest BCUT2D eigenvalue weighted by molar-refractivity contribution is 5.91. The molecule has 2 aliphatic rings. The summed E-state index contributed by atoms with van der Waals surface area (Å²) in [5.41, 5.74) is 1.63. The predicted molar refractivity (Wildman–Crippen MR) is 83.7 cm³/mol. The van der Waals surface area contributed by atoms with Crippen LogP contribution in [0.2, 0.25) is 0 Å². The first-order chi connectivity index (χ1) is 11.1. The van der Waals surface area contributed by atoms with Crippen LogP contribution in [0.15, 0.2) is 48.5 Å². The number of nitro groups is 1. The maximum atomic E-state index is 12.4. The van der Waals surface area contributed by atoms with E-state index in [-0.39, 0.29) is 29.5 Å². The Kier molecular flexibility index (Phi) is 3.04. The van der Waals surface area contributed by atoms with E-state index in [9.17, 15) is 14.9 Å². The van der Waals surface area contributed by atoms with Crippen molar-refractivity contribution in [3.05, 3.63) is 64.2 Å². The molecule has 0 saturated heterocycles. The molecule has 0 radical (unpaired) electrons. The van der Waals surface area contributed by atoms with Gasteiger partial charge in [-0.15, -0.1) is 0 Å². The highest BCUT2D eigenvalue weighted by atomic mass is 16.6. The van der Waals surface area contributed by atoms with Crippen molar-refractivity contribution in [2.45, 2.75) is 24.5 Å². The van der Waals surface area contributed by atoms with E-state index < -0.39 is 4.92 Å². The van der Waals surface area contributed by atoms with Gasteiger partial charge < -0.3 is 10.1 Å². The Labute approximate surface area is 132 Å². The molecule has 2 aromatic carbocycles. The first-order valence-electron chi connectivity index (χ1n) is 7.43. The Bertz CT molecular complexity index is 790. The largest absolute Gasteiger partial charge is 0.485 e. The van der Waals surface area contributed by atoms with Crippen LogP contribution in [0, 0.1) is 10.1 Å². The number of benzene rings is 2. The molecule has 3 atom stereocenters. The second-order valence-electron chi connectivity index (χ2n) is 5.82. The molecular weight excluding hydrogens is 296 g/mol. The van der Waals surface area contributed by atoms with Gasteiger partial charge in [0.25, 0.3) is 5.69 Å². The van der Waals surface area contributed by atoms with Gasteiger partial charge in [0.1, 0.15) is 17.6 Å². The fourth-order valence-corrected chi connectivity index (χ4v) is 3.40. The van der Waals surface area contributed by atoms with Crippen molar-refractivity contribution >= 4 is 17.2 Å². The van der Waals surface area contributed by atoms with Gasteiger partial charge in [-0.25, -0.2) is 0 Å². The van der Waals surface area contributed by atoms with Gasteiger partial charge in [-0.3, -0.25) is 14.9 Å². The van der Waals surface area contributed by atoms with E-state index in [1.807, 2.05) is 30.3 Å². The highest BCUT2D eigenvalue weighted by Crippen LogP contribution is 2.43. The summed E-state index contributed by atoms with van der Waals surface area (Å²) < 4.78 is 5.88. The maximum Gasteiger partial charge on any atom is 0.273 e. The van der Waals surface area contributed by atoms with Crippen LogP contribution in [0.4, 0.5) is 11.4 Å². The van der Waals surface area contributed by atoms with Gasteiger partial charge in [-0.05, 0) is 11.6 Å². The number of carbonyl (C=O) groups excluding carboxylic acids is 1. The molecule has 1 aliphatic carbocycles. The molecular formula is C17H14N2O4. The second kappa shape index (κ2) is 5.08. The van der Waals surface area contributed by atoms with Crippen molar-refractivity contribution in [1.82, 2.24) is 0 Å². The lowest BCUT2D eigenvalue weighted by Gasteiger charge is -2.32. The Morgan fingerprint density at radius 1 is 1.17 bits per heavy atom. The first kappa shape index (κ1) is 13.8. The number of anilines is 1. The summed E-state index contributed by atoms with van der Waals surface area (Å²) in [7, 11) is 0. The monoisotopic (exact) mass is 310 g/mol. The molecule has 6 nitrogen and oxygen atoms in total. The van der Waals surface area contributed by atoms with Crippen molar-refractivity contribution in [1.29, 1.82) is 0 Å². The normalized spacial score (nSPS) is 25.0. The average Bonchev–Trinajstić information content (AvgIpc) is 2.87. The van der Waals surface area contributed by atoms with E-state index in [1.54, 1.807) is 6.07 Å². The van der Waals surface area contributed by atoms with Gasteiger partial charge in [0, 0.05) is 12.5 Å². The van der Waals surface area contributed by atoms with Crippen molar-refractivity contribution in [2.24, 2.45) is 0 Å². The van der Waals surface area contributed by atoms with Gasteiger partial charge in [-0.1, -0.05) is 30.3 Å². The zero-order valence-electron chi connectivity index (χ0n) is 12.1. The summed E-state index contributed by atoms with van der Waals surface area (Å²) >= 11 is 0. The summed E-state index contributed by atoms with van der Waals surface area (Å²) in [4.78, 5) is 22.9. The zero-order chi connectivity index (χ0) is 16.0. The molecule has 116 valence electrons. The average molecular weight is 310 g/mol. The van der Waals surface area contributed by atoms with E-state index in [4.69, 9.17) is 4.74 Å². The Hall–Kier alpha value is -2.89. The van der Waals surface area contributed by atoms with E-state index in [1.165, 1.54) is 12.1 Å². The summed E-state index contributed by atoms with van der Waals surface area (Å²) in [6.45, 7) is 0. The topological polar surface area (TPSA) is 81.5 Å². The van der Waals surface area contributed by atoms with Gasteiger partial charge in [0.15, 0.2) is 0 Å². The van der Waals surface area contributed by atoms with Crippen LogP contribution in [0.1, 0.15) is 17.9 Å². The van der Waals surface area contributed by atoms with Crippen molar-refractivity contribution < 1.29 is 14.5 Å². The number of hydrogen-bond donors (Lipinski definition) is 1. The van der Waals surface area contributed by atoms with Gasteiger partial charge in [-0.2, -0.15) is 0 Å². The molecule has 0 aromatic heterocycles. The Morgan fingerprint density at radius 2 is 1.96 bits per heavy atom. The number of nitrogens with one attached hydrogen (secondary N) is 1. The number of ether oxygens (including phenoxy) is 1. The number of non-ortho nitro benzene ring substituents is 1. The molecule has 2 aromatic rings. The van der Waals surface area contributed by atoms with E-state index in [2.05, 4.69) is 5.32 Å². The first-order valence-corrected chi connectivity index (χ1v) is 7.43. The summed E-state index contributed by atoms with van der Waals surface area (Å²) in [6.07, 6.45) is 0.00141. The summed E-state index contributed by atoms with van der Waals surface area (Å²) in [5.74, 6) is 0.299. The van der Waals surface area contributed by atoms with Crippen LogP contribution in [0.3, 0.4) is 0 Å². The van der Waals surface area contributed by atoms with Crippen molar-refractivity contribution in [3.8, 4) is 5.75 Å². The van der Waals surface area contributed by atoms with Gasteiger partial charge >= 0.3 is 0 Å². The molecule has 1 N–H and O–H groups in total. The van der Waals surface area contributed by atoms with Crippen LogP contribution < -0.4 is 10.1 Å². The lowest BCUT2D eigenvalue weighted by molar-refractivity contribution is -0.384. The smallest absolute Gasteiger partial charge is 0.273 e. The number of ketones is 1. The quantitative estimate of drug-likeness (QED) is 0.681. The minimum absolute atomic E-state index is 0.0204. The Morgan fingerprint density at radius 3 is 2.70 bits per heavy atom. The molecule has 1 aliphatic heterocycles. The third kappa shape index (κ3) is 2.23. The molecule has 1 heterocycles. The fraction of sp³-hybridized carbons (Fsp3) is 0.235. The number of nitro benzene ring substituents is 1. The standard InChI is InChI=1S/C17H14N2O4/c20-13-9-15-17(16(13)10-4-2-1-3-5-10)18-12-7-6-11(19(21)22)8-14(12)23-15/h1-8,15-18H,9H2/t15-,16-,17-/m1/s1. The number of nitrogens with zero attached hydrogens (tertiary/aromatic N) is 1. The SMILES string of the molecule is O=C1C[C@H]2Oc3cc([N+](=O)[O-])ccc3N[C@H]2[C@@H]1c1ccccc1. The lowest BCUT2D eigenvalue weighted by Crippen LogP contribution is -2.40. The summed E-state index contributed by atoms with van der Waals surface area (Å²) in [5, 5.41) is 14.2. The van der Waals surface area contributed by atoms with E-state index in [0.717, 1.165) is 5.56 Å². The molecule has 1 fully saturated rings. The molecule has 0 bridgehead atoms. The second-order valence-corrected chi connectivity index (χ2v) is 5.82. The van der Waals surface area contributed by atoms with E-state index >= 15 is 0 Å². The van der Waals surface area contributed by atoms with Crippen LogP contribution in [-0.2, 0) is 4.79 Å². The fourth-order valence-electron chi connectivity index (χ4n) is 3.40. The third-order valence-corrected chi connectivity index (χ3v) is 4.44. The van der Waals surface area contributed by atoms with Gasteiger partial charge in [0.05, 0.1) is 28.6 Å². The van der Waals surface area contributed by atoms with Crippen molar-refractivity contribution in [3.63, 3.8) is 0 Å². The van der Waals surface area contributed by atoms with Crippen LogP contribution in [-0.4, -0.2) is 22.9 Å². The highest BCUT2D eigenvalue weighted by Gasteiger charge is 2.47. The minimum atomic E-state index is -0.456. The number of rotatable bonds is 2. The van der Waals surface area contributed by atoms with Crippen LogP contribution in [0.5, 0.6) is 5.75 Å². The number of fused-ring (bicyclic) bond motifs is 2. The molecule has 0 amide bonds. The number of carbonyl (C=O) groups is 1. The molecule has 1 saturated carbocycles. The molecule has 6 heteroatoms. The maximum absolute atomic E-state index is 12.4. The molecule has 4 rings (SSSR count). The summed E-state index contributed by atoms with van der Waals surface area (Å²) in [6, 6.07) is 13.9. The van der Waals surface area contributed by atoms with Crippen molar-refractivity contribution in [2.75, 3.05) is 5.32 Å². The van der Waals surface area contributed by atoms with Crippen LogP contribution >= 0.6 is 0 Å². The number of Topliss-reactive ketones (excluding diaryl/α,β-unsaturated/α-hetero) is 1. The zero-order valence-corrected chi connectivity index (χ0v) is 12.1. The predicted octanol–water partition coefficient (Wildman–Crippen LogP) is 2.89. The number of hydrogen-bond acceptors (Lipinski definition) is 5. The minimum Gasteiger partial charge on any atom is -0.485 e. The van der Waals surface area contributed by atoms with Crippen LogP contribution in [0.25, 0.3) is 0 Å². The Balaban J connectivity index is 1.69. The van der Waals surface area contributed by atoms with E-state index in [0.29, 0.717) is 17.9 Å². The molecule has 0 unspecified atom stereocenters. The third-order valence-electron chi connectivity index (χ3n) is 4.44. The van der Waals surface area contributed by atoms with Gasteiger partial charge in [0.2, 0.25) is 0 Å². The molecule has 0 spiro atoms.